The first-order valence-electron chi connectivity index (χ1n) is 3.62. The van der Waals surface area contributed by atoms with Gasteiger partial charge in [0.2, 0.25) is 0 Å². The maximum atomic E-state index is 10.6. The summed E-state index contributed by atoms with van der Waals surface area (Å²) in [6.07, 6.45) is 5.85. The summed E-state index contributed by atoms with van der Waals surface area (Å²) in [5.41, 5.74) is 1.19. The first-order chi connectivity index (χ1) is 5.29. The fraction of sp³-hybridized carbons (Fsp3) is 0.375. The predicted octanol–water partition coefficient (Wildman–Crippen LogP) is 0.155. The van der Waals surface area contributed by atoms with Crippen LogP contribution in [0.25, 0.3) is 0 Å². The second-order valence-electron chi connectivity index (χ2n) is 2.85. The van der Waals surface area contributed by atoms with Crippen molar-refractivity contribution in [2.75, 3.05) is 6.54 Å². The Bertz CT molecular complexity index is 255. The van der Waals surface area contributed by atoms with E-state index in [2.05, 4.69) is 5.32 Å². The van der Waals surface area contributed by atoms with E-state index in [1.54, 1.807) is 0 Å². The van der Waals surface area contributed by atoms with Gasteiger partial charge in [-0.3, -0.25) is 10.1 Å². The zero-order chi connectivity index (χ0) is 7.84. The Kier molecular flexibility index (Phi) is 1.32. The number of fused-ring (bicyclic) bond motifs is 1. The van der Waals surface area contributed by atoms with Crippen molar-refractivity contribution in [1.29, 1.82) is 0 Å². The summed E-state index contributed by atoms with van der Waals surface area (Å²) < 4.78 is 0. The van der Waals surface area contributed by atoms with Crippen LogP contribution in [0.4, 0.5) is 0 Å². The van der Waals surface area contributed by atoms with Crippen LogP contribution in [-0.2, 0) is 4.79 Å². The van der Waals surface area contributed by atoms with Gasteiger partial charge in [0.05, 0.1) is 0 Å². The molecule has 0 spiro atoms. The molecule has 3 heteroatoms. The average Bonchev–Trinajstić information content (AvgIpc) is 2.41. The maximum Gasteiger partial charge on any atom is 0.321 e. The lowest BCUT2D eigenvalue weighted by Crippen LogP contribution is -2.34. The summed E-state index contributed by atoms with van der Waals surface area (Å²) in [5.74, 6) is -0.655. The van der Waals surface area contributed by atoms with E-state index in [4.69, 9.17) is 5.11 Å². The molecule has 0 saturated carbocycles. The number of carbonyl (C=O) groups is 1. The highest BCUT2D eigenvalue weighted by molar-refractivity contribution is 5.76. The van der Waals surface area contributed by atoms with Gasteiger partial charge in [0.25, 0.3) is 0 Å². The Balaban J connectivity index is 2.22. The third kappa shape index (κ3) is 0.886. The van der Waals surface area contributed by atoms with Crippen molar-refractivity contribution in [3.05, 3.63) is 23.8 Å². The van der Waals surface area contributed by atoms with Crippen molar-refractivity contribution in [3.63, 3.8) is 0 Å². The number of aliphatic carboxylic acids is 1. The van der Waals surface area contributed by atoms with Crippen molar-refractivity contribution in [2.45, 2.75) is 6.04 Å². The van der Waals surface area contributed by atoms with E-state index < -0.39 is 12.0 Å². The molecule has 0 bridgehead atoms. The van der Waals surface area contributed by atoms with Crippen molar-refractivity contribution in [3.8, 4) is 0 Å². The molecule has 1 aliphatic carbocycles. The molecule has 0 aromatic carbocycles. The third-order valence-electron chi connectivity index (χ3n) is 2.21. The number of hydrogen-bond donors (Lipinski definition) is 2. The van der Waals surface area contributed by atoms with Crippen molar-refractivity contribution in [2.24, 2.45) is 5.92 Å². The van der Waals surface area contributed by atoms with Crippen LogP contribution in [0.1, 0.15) is 0 Å². The van der Waals surface area contributed by atoms with E-state index in [1.165, 1.54) is 5.57 Å². The molecule has 1 aliphatic heterocycles. The molecule has 0 aromatic heterocycles. The minimum Gasteiger partial charge on any atom is -0.480 e. The van der Waals surface area contributed by atoms with Gasteiger partial charge in [0.1, 0.15) is 6.04 Å². The summed E-state index contributed by atoms with van der Waals surface area (Å²) in [7, 11) is 0. The van der Waals surface area contributed by atoms with Gasteiger partial charge < -0.3 is 5.11 Å². The summed E-state index contributed by atoms with van der Waals surface area (Å²) in [5, 5.41) is 11.7. The number of nitrogens with one attached hydrogen (secondary N) is 1. The molecular weight excluding hydrogens is 142 g/mol. The second kappa shape index (κ2) is 2.20. The topological polar surface area (TPSA) is 49.3 Å². The minimum absolute atomic E-state index is 0.104. The molecule has 2 atom stereocenters. The van der Waals surface area contributed by atoms with Crippen LogP contribution >= 0.6 is 0 Å². The Morgan fingerprint density at radius 3 is 3.27 bits per heavy atom. The predicted molar refractivity (Wildman–Crippen MR) is 40.1 cm³/mol. The SMILES string of the molecule is O=C(O)[C@H]1NCC2=CC=CC21. The summed E-state index contributed by atoms with van der Waals surface area (Å²) in [6, 6.07) is -0.403. The highest BCUT2D eigenvalue weighted by Crippen LogP contribution is 2.27. The molecule has 1 unspecified atom stereocenters. The van der Waals surface area contributed by atoms with E-state index in [1.807, 2.05) is 18.2 Å². The molecule has 2 aliphatic rings. The molecular formula is C8H9NO2. The average molecular weight is 151 g/mol. The molecule has 0 aromatic rings. The summed E-state index contributed by atoms with van der Waals surface area (Å²) in [6.45, 7) is 0.717. The van der Waals surface area contributed by atoms with Crippen LogP contribution in [0.3, 0.4) is 0 Å². The molecule has 11 heavy (non-hydrogen) atoms. The van der Waals surface area contributed by atoms with Gasteiger partial charge in [-0.2, -0.15) is 0 Å². The Morgan fingerprint density at radius 2 is 2.55 bits per heavy atom. The van der Waals surface area contributed by atoms with Crippen LogP contribution in [0.5, 0.6) is 0 Å². The standard InChI is InChI=1S/C8H9NO2/c10-8(11)7-6-3-1-2-5(6)4-9-7/h1-3,6-7,9H,4H2,(H,10,11)/t6?,7-/m0/s1. The van der Waals surface area contributed by atoms with Gasteiger partial charge in [-0.1, -0.05) is 18.2 Å². The maximum absolute atomic E-state index is 10.6. The third-order valence-corrected chi connectivity index (χ3v) is 2.21. The molecule has 2 rings (SSSR count). The van der Waals surface area contributed by atoms with E-state index in [0.717, 1.165) is 0 Å². The Morgan fingerprint density at radius 1 is 1.73 bits per heavy atom. The van der Waals surface area contributed by atoms with Crippen LogP contribution in [-0.4, -0.2) is 23.7 Å². The molecule has 1 saturated heterocycles. The molecule has 2 N–H and O–H groups in total. The fourth-order valence-corrected chi connectivity index (χ4v) is 1.63. The van der Waals surface area contributed by atoms with Crippen molar-refractivity contribution >= 4 is 5.97 Å². The van der Waals surface area contributed by atoms with Crippen LogP contribution in [0.2, 0.25) is 0 Å². The van der Waals surface area contributed by atoms with Gasteiger partial charge >= 0.3 is 5.97 Å². The van der Waals surface area contributed by atoms with Gasteiger partial charge in [-0.25, -0.2) is 0 Å². The van der Waals surface area contributed by atoms with Crippen molar-refractivity contribution in [1.82, 2.24) is 5.32 Å². The van der Waals surface area contributed by atoms with Crippen LogP contribution in [0.15, 0.2) is 23.8 Å². The number of allylic oxidation sites excluding steroid dienone is 2. The second-order valence-corrected chi connectivity index (χ2v) is 2.85. The van der Waals surface area contributed by atoms with Crippen LogP contribution < -0.4 is 5.32 Å². The number of rotatable bonds is 1. The molecule has 1 fully saturated rings. The number of hydrogen-bond acceptors (Lipinski definition) is 2. The Labute approximate surface area is 64.4 Å². The highest BCUT2D eigenvalue weighted by Gasteiger charge is 2.35. The minimum atomic E-state index is -0.759. The highest BCUT2D eigenvalue weighted by atomic mass is 16.4. The van der Waals surface area contributed by atoms with Crippen molar-refractivity contribution < 1.29 is 9.90 Å². The quantitative estimate of drug-likeness (QED) is 0.561. The smallest absolute Gasteiger partial charge is 0.321 e. The zero-order valence-electron chi connectivity index (χ0n) is 5.95. The number of carboxylic acids is 1. The molecule has 1 heterocycles. The van der Waals surface area contributed by atoms with Gasteiger partial charge in [-0.05, 0) is 5.57 Å². The first kappa shape index (κ1) is 6.61. The molecule has 0 radical (unpaired) electrons. The van der Waals surface area contributed by atoms with E-state index in [9.17, 15) is 4.79 Å². The lowest BCUT2D eigenvalue weighted by Gasteiger charge is -2.08. The van der Waals surface area contributed by atoms with E-state index in [-0.39, 0.29) is 5.92 Å². The van der Waals surface area contributed by atoms with E-state index >= 15 is 0 Å². The molecule has 0 amide bonds. The lowest BCUT2D eigenvalue weighted by molar-refractivity contribution is -0.139. The van der Waals surface area contributed by atoms with E-state index in [0.29, 0.717) is 6.54 Å². The summed E-state index contributed by atoms with van der Waals surface area (Å²) in [4.78, 5) is 10.6. The monoisotopic (exact) mass is 151 g/mol. The van der Waals surface area contributed by atoms with Crippen LogP contribution in [0, 0.1) is 5.92 Å². The van der Waals surface area contributed by atoms with Gasteiger partial charge in [0, 0.05) is 12.5 Å². The largest absolute Gasteiger partial charge is 0.480 e. The first-order valence-corrected chi connectivity index (χ1v) is 3.62. The molecule has 3 nitrogen and oxygen atoms in total. The van der Waals surface area contributed by atoms with Gasteiger partial charge in [0.15, 0.2) is 0 Å². The van der Waals surface area contributed by atoms with Gasteiger partial charge in [-0.15, -0.1) is 0 Å². The Hall–Kier alpha value is -1.09. The normalized spacial score (nSPS) is 33.6. The fourth-order valence-electron chi connectivity index (χ4n) is 1.63. The zero-order valence-corrected chi connectivity index (χ0v) is 5.95. The molecule has 58 valence electrons. The number of carboxylic acid groups (broad SMARTS) is 1. The summed E-state index contributed by atoms with van der Waals surface area (Å²) >= 11 is 0. The lowest BCUT2D eigenvalue weighted by atomic mass is 10.00.